The van der Waals surface area contributed by atoms with Crippen molar-refractivity contribution in [2.45, 2.75) is 36.8 Å². The van der Waals surface area contributed by atoms with Crippen LogP contribution in [0.1, 0.15) is 29.9 Å². The lowest BCUT2D eigenvalue weighted by atomic mass is 10.2. The first kappa shape index (κ1) is 20.0. The third kappa shape index (κ3) is 4.89. The molecule has 0 unspecified atom stereocenters. The normalized spacial score (nSPS) is 14.3. The standard InChI is InChI=1S/C24H25N5OS/c1-3-9-19(10-4-1)16-29-23(17-28-13-7-8-14-28)25-26-24(29)31-18-21-15-22(30-27-21)20-11-5-2-6-12-20/h1-6,9-12,15H,7-8,13-14,16-18H2. The number of hydrogen-bond donors (Lipinski definition) is 0. The lowest BCUT2D eigenvalue weighted by molar-refractivity contribution is 0.316. The predicted octanol–water partition coefficient (Wildman–Crippen LogP) is 4.87. The van der Waals surface area contributed by atoms with Gasteiger partial charge in [0.25, 0.3) is 0 Å². The zero-order chi connectivity index (χ0) is 20.9. The Balaban J connectivity index is 1.33. The Hall–Kier alpha value is -2.90. The molecule has 0 spiro atoms. The van der Waals surface area contributed by atoms with Gasteiger partial charge in [0.05, 0.1) is 18.8 Å². The molecular weight excluding hydrogens is 406 g/mol. The van der Waals surface area contributed by atoms with Crippen LogP contribution in [0.3, 0.4) is 0 Å². The van der Waals surface area contributed by atoms with Crippen molar-refractivity contribution in [1.82, 2.24) is 24.8 Å². The summed E-state index contributed by atoms with van der Waals surface area (Å²) in [5, 5.41) is 14.2. The minimum Gasteiger partial charge on any atom is -0.356 e. The van der Waals surface area contributed by atoms with Gasteiger partial charge in [-0.3, -0.25) is 4.90 Å². The molecule has 0 aliphatic carbocycles. The van der Waals surface area contributed by atoms with Gasteiger partial charge in [0.2, 0.25) is 0 Å². The van der Waals surface area contributed by atoms with Gasteiger partial charge in [0, 0.05) is 17.4 Å². The lowest BCUT2D eigenvalue weighted by Crippen LogP contribution is -2.21. The summed E-state index contributed by atoms with van der Waals surface area (Å²) in [6.45, 7) is 3.90. The highest BCUT2D eigenvalue weighted by Crippen LogP contribution is 2.26. The van der Waals surface area contributed by atoms with Crippen molar-refractivity contribution in [2.75, 3.05) is 13.1 Å². The molecule has 1 fully saturated rings. The molecule has 2 aromatic carbocycles. The third-order valence-corrected chi connectivity index (χ3v) is 6.51. The Labute approximate surface area is 186 Å². The molecule has 1 saturated heterocycles. The third-order valence-electron chi connectivity index (χ3n) is 5.51. The summed E-state index contributed by atoms with van der Waals surface area (Å²) >= 11 is 1.65. The van der Waals surface area contributed by atoms with E-state index in [1.807, 2.05) is 42.5 Å². The molecule has 158 valence electrons. The van der Waals surface area contributed by atoms with Crippen LogP contribution in [0, 0.1) is 0 Å². The maximum Gasteiger partial charge on any atom is 0.191 e. The number of aromatic nitrogens is 4. The van der Waals surface area contributed by atoms with E-state index in [4.69, 9.17) is 4.52 Å². The molecule has 3 heterocycles. The fourth-order valence-electron chi connectivity index (χ4n) is 3.87. The Bertz CT molecular complexity index is 1100. The number of hydrogen-bond acceptors (Lipinski definition) is 6. The molecular formula is C24H25N5OS. The molecule has 7 heteroatoms. The van der Waals surface area contributed by atoms with Gasteiger partial charge in [-0.25, -0.2) is 0 Å². The molecule has 2 aromatic heterocycles. The number of likely N-dealkylation sites (tertiary alicyclic amines) is 1. The minimum atomic E-state index is 0.687. The average Bonchev–Trinajstić information content (AvgIpc) is 3.57. The first-order valence-electron chi connectivity index (χ1n) is 10.7. The van der Waals surface area contributed by atoms with Crippen molar-refractivity contribution in [3.63, 3.8) is 0 Å². The highest BCUT2D eigenvalue weighted by Gasteiger charge is 2.19. The van der Waals surface area contributed by atoms with E-state index >= 15 is 0 Å². The molecule has 0 bridgehead atoms. The van der Waals surface area contributed by atoms with Crippen LogP contribution < -0.4 is 0 Å². The number of nitrogens with zero attached hydrogens (tertiary/aromatic N) is 5. The first-order chi connectivity index (χ1) is 15.3. The van der Waals surface area contributed by atoms with Gasteiger partial charge in [0.1, 0.15) is 5.82 Å². The van der Waals surface area contributed by atoms with Crippen LogP contribution in [-0.4, -0.2) is 37.9 Å². The van der Waals surface area contributed by atoms with Gasteiger partial charge in [-0.1, -0.05) is 77.6 Å². The van der Waals surface area contributed by atoms with Crippen molar-refractivity contribution in [2.24, 2.45) is 0 Å². The summed E-state index contributed by atoms with van der Waals surface area (Å²) in [6, 6.07) is 22.6. The van der Waals surface area contributed by atoms with Crippen LogP contribution in [-0.2, 0) is 18.8 Å². The van der Waals surface area contributed by atoms with Crippen molar-refractivity contribution < 1.29 is 4.52 Å². The molecule has 6 nitrogen and oxygen atoms in total. The second-order valence-corrected chi connectivity index (χ2v) is 8.73. The molecule has 0 saturated carbocycles. The van der Waals surface area contributed by atoms with Gasteiger partial charge in [-0.05, 0) is 31.5 Å². The minimum absolute atomic E-state index is 0.687. The number of rotatable bonds is 8. The van der Waals surface area contributed by atoms with E-state index in [0.29, 0.717) is 5.75 Å². The second-order valence-electron chi connectivity index (χ2n) is 7.79. The Morgan fingerprint density at radius 1 is 0.871 bits per heavy atom. The van der Waals surface area contributed by atoms with E-state index in [9.17, 15) is 0 Å². The van der Waals surface area contributed by atoms with Gasteiger partial charge in [0.15, 0.2) is 10.9 Å². The lowest BCUT2D eigenvalue weighted by Gasteiger charge is -2.16. The zero-order valence-electron chi connectivity index (χ0n) is 17.4. The average molecular weight is 432 g/mol. The maximum atomic E-state index is 5.55. The largest absolute Gasteiger partial charge is 0.356 e. The highest BCUT2D eigenvalue weighted by atomic mass is 32.2. The van der Waals surface area contributed by atoms with Gasteiger partial charge >= 0.3 is 0 Å². The first-order valence-corrected chi connectivity index (χ1v) is 11.7. The van der Waals surface area contributed by atoms with Crippen molar-refractivity contribution >= 4 is 11.8 Å². The topological polar surface area (TPSA) is 60.0 Å². The van der Waals surface area contributed by atoms with Gasteiger partial charge in [-0.15, -0.1) is 10.2 Å². The quantitative estimate of drug-likeness (QED) is 0.371. The van der Waals surface area contributed by atoms with Crippen LogP contribution in [0.4, 0.5) is 0 Å². The molecule has 1 aliphatic heterocycles. The Kier molecular flexibility index (Phi) is 6.13. The summed E-state index contributed by atoms with van der Waals surface area (Å²) < 4.78 is 7.79. The fraction of sp³-hybridized carbons (Fsp3) is 0.292. The van der Waals surface area contributed by atoms with Crippen molar-refractivity contribution in [1.29, 1.82) is 0 Å². The summed E-state index contributed by atoms with van der Waals surface area (Å²) in [4.78, 5) is 2.46. The van der Waals surface area contributed by atoms with E-state index in [-0.39, 0.29) is 0 Å². The second kappa shape index (κ2) is 9.49. The molecule has 0 atom stereocenters. The summed E-state index contributed by atoms with van der Waals surface area (Å²) in [5.74, 6) is 2.50. The van der Waals surface area contributed by atoms with E-state index in [1.54, 1.807) is 11.8 Å². The van der Waals surface area contributed by atoms with E-state index < -0.39 is 0 Å². The molecule has 5 rings (SSSR count). The molecule has 1 aliphatic rings. The maximum absolute atomic E-state index is 5.55. The van der Waals surface area contributed by atoms with Crippen LogP contribution in [0.5, 0.6) is 0 Å². The summed E-state index contributed by atoms with van der Waals surface area (Å²) in [6.07, 6.45) is 2.54. The van der Waals surface area contributed by atoms with Gasteiger partial charge < -0.3 is 9.09 Å². The summed E-state index contributed by atoms with van der Waals surface area (Å²) in [5.41, 5.74) is 3.19. The Morgan fingerprint density at radius 3 is 2.39 bits per heavy atom. The van der Waals surface area contributed by atoms with E-state index in [0.717, 1.165) is 54.2 Å². The summed E-state index contributed by atoms with van der Waals surface area (Å²) in [7, 11) is 0. The molecule has 0 amide bonds. The van der Waals surface area contributed by atoms with E-state index in [2.05, 4.69) is 49.1 Å². The van der Waals surface area contributed by atoms with Crippen LogP contribution in [0.15, 0.2) is 76.4 Å². The fourth-order valence-corrected chi connectivity index (χ4v) is 4.70. The molecule has 4 aromatic rings. The van der Waals surface area contributed by atoms with Gasteiger partial charge in [-0.2, -0.15) is 0 Å². The highest BCUT2D eigenvalue weighted by molar-refractivity contribution is 7.98. The van der Waals surface area contributed by atoms with Crippen molar-refractivity contribution in [3.05, 3.63) is 83.8 Å². The molecule has 0 N–H and O–H groups in total. The molecule has 0 radical (unpaired) electrons. The predicted molar refractivity (Wildman–Crippen MR) is 122 cm³/mol. The zero-order valence-corrected chi connectivity index (χ0v) is 18.2. The smallest absolute Gasteiger partial charge is 0.191 e. The van der Waals surface area contributed by atoms with Crippen LogP contribution >= 0.6 is 11.8 Å². The van der Waals surface area contributed by atoms with Crippen LogP contribution in [0.2, 0.25) is 0 Å². The van der Waals surface area contributed by atoms with Crippen molar-refractivity contribution in [3.8, 4) is 11.3 Å². The van der Waals surface area contributed by atoms with E-state index in [1.165, 1.54) is 18.4 Å². The molecule has 31 heavy (non-hydrogen) atoms. The van der Waals surface area contributed by atoms with Crippen LogP contribution in [0.25, 0.3) is 11.3 Å². The SMILES string of the molecule is c1ccc(Cn2c(CN3CCCC3)nnc2SCc2cc(-c3ccccc3)on2)cc1. The number of benzene rings is 2. The number of thioether (sulfide) groups is 1. The monoisotopic (exact) mass is 431 g/mol. The Morgan fingerprint density at radius 2 is 1.61 bits per heavy atom.